The minimum absolute atomic E-state index is 0.107. The van der Waals surface area contributed by atoms with Gasteiger partial charge in [-0.05, 0) is 38.1 Å². The van der Waals surface area contributed by atoms with E-state index in [4.69, 9.17) is 9.47 Å². The molecule has 0 aromatic carbocycles. The van der Waals surface area contributed by atoms with Crippen molar-refractivity contribution in [3.63, 3.8) is 0 Å². The second-order valence-electron chi connectivity index (χ2n) is 6.50. The van der Waals surface area contributed by atoms with Crippen molar-refractivity contribution >= 4 is 0 Å². The fourth-order valence-corrected chi connectivity index (χ4v) is 4.84. The monoisotopic (exact) mass is 237 g/mol. The lowest BCUT2D eigenvalue weighted by atomic mass is 9.70. The van der Waals surface area contributed by atoms with Gasteiger partial charge < -0.3 is 9.47 Å². The summed E-state index contributed by atoms with van der Waals surface area (Å²) in [7, 11) is 0. The number of hydrogen-bond acceptors (Lipinski definition) is 3. The van der Waals surface area contributed by atoms with Gasteiger partial charge in [0.25, 0.3) is 0 Å². The Hall–Kier alpha value is -0.120. The second-order valence-corrected chi connectivity index (χ2v) is 6.50. The first-order valence-corrected chi connectivity index (χ1v) is 7.34. The fraction of sp³-hybridized carbons (Fsp3) is 1.00. The van der Waals surface area contributed by atoms with Crippen LogP contribution in [-0.2, 0) is 9.47 Å². The molecule has 3 unspecified atom stereocenters. The molecule has 3 aliphatic heterocycles. The number of rotatable bonds is 1. The summed E-state index contributed by atoms with van der Waals surface area (Å²) in [6, 6.07) is 0. The molecule has 3 nitrogen and oxygen atoms in total. The van der Waals surface area contributed by atoms with Crippen molar-refractivity contribution < 1.29 is 9.47 Å². The number of hydrogen-bond donors (Lipinski definition) is 0. The van der Waals surface area contributed by atoms with Crippen LogP contribution in [0.25, 0.3) is 0 Å². The van der Waals surface area contributed by atoms with E-state index in [1.165, 1.54) is 51.6 Å². The second kappa shape index (κ2) is 3.94. The number of piperidine rings is 1. The number of nitrogens with zero attached hydrogens (tertiary/aromatic N) is 1. The molecule has 0 radical (unpaired) electrons. The van der Waals surface area contributed by atoms with Crippen molar-refractivity contribution in [2.24, 2.45) is 11.8 Å². The lowest BCUT2D eigenvalue weighted by molar-refractivity contribution is -0.0803. The summed E-state index contributed by atoms with van der Waals surface area (Å²) in [5.74, 6) is 1.65. The summed E-state index contributed by atoms with van der Waals surface area (Å²) in [6.07, 6.45) is 8.67. The van der Waals surface area contributed by atoms with Gasteiger partial charge in [0.15, 0.2) is 6.29 Å². The largest absolute Gasteiger partial charge is 0.350 e. The maximum Gasteiger partial charge on any atom is 0.161 e. The van der Waals surface area contributed by atoms with Crippen LogP contribution in [0.2, 0.25) is 0 Å². The van der Waals surface area contributed by atoms with E-state index in [1.807, 2.05) is 0 Å². The number of fused-ring (bicyclic) bond motifs is 1. The Morgan fingerprint density at radius 1 is 1.06 bits per heavy atom. The van der Waals surface area contributed by atoms with Gasteiger partial charge >= 0.3 is 0 Å². The fourth-order valence-electron chi connectivity index (χ4n) is 4.84. The highest BCUT2D eigenvalue weighted by Gasteiger charge is 2.52. The highest BCUT2D eigenvalue weighted by Crippen LogP contribution is 2.50. The molecule has 3 heteroatoms. The van der Waals surface area contributed by atoms with Gasteiger partial charge in [-0.1, -0.05) is 12.8 Å². The molecule has 4 aliphatic rings. The lowest BCUT2D eigenvalue weighted by Crippen LogP contribution is -2.51. The molecule has 4 fully saturated rings. The molecule has 96 valence electrons. The molecule has 0 aromatic rings. The molecular formula is C14H23NO2. The summed E-state index contributed by atoms with van der Waals surface area (Å²) < 4.78 is 11.5. The van der Waals surface area contributed by atoms with Crippen LogP contribution in [0.1, 0.15) is 38.5 Å². The van der Waals surface area contributed by atoms with Crippen molar-refractivity contribution in [3.05, 3.63) is 0 Å². The van der Waals surface area contributed by atoms with E-state index < -0.39 is 0 Å². The van der Waals surface area contributed by atoms with Crippen LogP contribution in [-0.4, -0.2) is 43.0 Å². The topological polar surface area (TPSA) is 21.7 Å². The SMILES string of the molecule is C1CC2CCN3CC(C4OCCO4)CC3(C1)C2. The third-order valence-electron chi connectivity index (χ3n) is 5.53. The van der Waals surface area contributed by atoms with E-state index in [1.54, 1.807) is 0 Å². The van der Waals surface area contributed by atoms with E-state index >= 15 is 0 Å². The third-order valence-corrected chi connectivity index (χ3v) is 5.53. The average Bonchev–Trinajstić information content (AvgIpc) is 2.94. The molecule has 4 rings (SSSR count). The highest BCUT2D eigenvalue weighted by molar-refractivity contribution is 5.05. The molecule has 3 atom stereocenters. The van der Waals surface area contributed by atoms with Crippen LogP contribution < -0.4 is 0 Å². The van der Waals surface area contributed by atoms with Crippen LogP contribution in [0.15, 0.2) is 0 Å². The first-order valence-electron chi connectivity index (χ1n) is 7.34. The lowest BCUT2D eigenvalue weighted by Gasteiger charge is -2.49. The van der Waals surface area contributed by atoms with Gasteiger partial charge in [0.1, 0.15) is 0 Å². The van der Waals surface area contributed by atoms with Crippen LogP contribution in [0.5, 0.6) is 0 Å². The molecule has 1 aliphatic carbocycles. The summed E-state index contributed by atoms with van der Waals surface area (Å²) >= 11 is 0. The van der Waals surface area contributed by atoms with Crippen LogP contribution in [0.3, 0.4) is 0 Å². The minimum atomic E-state index is 0.107. The molecule has 0 N–H and O–H groups in total. The van der Waals surface area contributed by atoms with E-state index in [0.717, 1.165) is 19.1 Å². The zero-order chi connectivity index (χ0) is 11.3. The first-order chi connectivity index (χ1) is 8.36. The van der Waals surface area contributed by atoms with E-state index in [0.29, 0.717) is 11.5 Å². The molecule has 3 heterocycles. The van der Waals surface area contributed by atoms with Gasteiger partial charge in [-0.15, -0.1) is 0 Å². The molecule has 1 spiro atoms. The highest BCUT2D eigenvalue weighted by atomic mass is 16.7. The molecule has 0 amide bonds. The van der Waals surface area contributed by atoms with Crippen molar-refractivity contribution in [2.45, 2.75) is 50.4 Å². The maximum atomic E-state index is 5.73. The van der Waals surface area contributed by atoms with Gasteiger partial charge in [0.2, 0.25) is 0 Å². The van der Waals surface area contributed by atoms with E-state index in [9.17, 15) is 0 Å². The van der Waals surface area contributed by atoms with Gasteiger partial charge in [0.05, 0.1) is 13.2 Å². The normalized spacial score (nSPS) is 47.3. The Labute approximate surface area is 103 Å². The quantitative estimate of drug-likeness (QED) is 0.696. The van der Waals surface area contributed by atoms with Crippen LogP contribution in [0.4, 0.5) is 0 Å². The van der Waals surface area contributed by atoms with Crippen molar-refractivity contribution in [2.75, 3.05) is 26.3 Å². The molecule has 2 bridgehead atoms. The Morgan fingerprint density at radius 2 is 1.94 bits per heavy atom. The van der Waals surface area contributed by atoms with Crippen molar-refractivity contribution in [3.8, 4) is 0 Å². The molecule has 0 aromatic heterocycles. The van der Waals surface area contributed by atoms with E-state index in [-0.39, 0.29) is 6.29 Å². The summed E-state index contributed by atoms with van der Waals surface area (Å²) in [4.78, 5) is 2.78. The Morgan fingerprint density at radius 3 is 2.82 bits per heavy atom. The summed E-state index contributed by atoms with van der Waals surface area (Å²) in [5, 5.41) is 0. The summed E-state index contributed by atoms with van der Waals surface area (Å²) in [5.41, 5.74) is 0.543. The Balaban J connectivity index is 1.53. The Kier molecular flexibility index (Phi) is 2.50. The first kappa shape index (κ1) is 10.8. The molecule has 3 saturated heterocycles. The third kappa shape index (κ3) is 1.66. The molecule has 1 saturated carbocycles. The predicted molar refractivity (Wildman–Crippen MR) is 64.7 cm³/mol. The van der Waals surface area contributed by atoms with Gasteiger partial charge in [-0.2, -0.15) is 0 Å². The van der Waals surface area contributed by atoms with Gasteiger partial charge in [-0.3, -0.25) is 4.90 Å². The van der Waals surface area contributed by atoms with Crippen molar-refractivity contribution in [1.29, 1.82) is 0 Å². The Bertz CT molecular complexity index is 303. The van der Waals surface area contributed by atoms with Gasteiger partial charge in [0, 0.05) is 18.0 Å². The number of ether oxygens (including phenoxy) is 2. The summed E-state index contributed by atoms with van der Waals surface area (Å²) in [6.45, 7) is 4.15. The predicted octanol–water partition coefficient (Wildman–Crippen LogP) is 2.01. The zero-order valence-corrected chi connectivity index (χ0v) is 10.6. The standard InChI is InChI=1S/C14H23NO2/c1-2-11-3-5-15-10-12(13-16-6-7-17-13)9-14(15,4-1)8-11/h11-13H,1-10H2. The van der Waals surface area contributed by atoms with Crippen LogP contribution in [0, 0.1) is 11.8 Å². The molecular weight excluding hydrogens is 214 g/mol. The van der Waals surface area contributed by atoms with Crippen molar-refractivity contribution in [1.82, 2.24) is 4.90 Å². The minimum Gasteiger partial charge on any atom is -0.350 e. The smallest absolute Gasteiger partial charge is 0.161 e. The average molecular weight is 237 g/mol. The molecule has 17 heavy (non-hydrogen) atoms. The van der Waals surface area contributed by atoms with Gasteiger partial charge in [-0.25, -0.2) is 0 Å². The van der Waals surface area contributed by atoms with Crippen LogP contribution >= 0.6 is 0 Å². The maximum absolute atomic E-state index is 5.73. The zero-order valence-electron chi connectivity index (χ0n) is 10.6. The van der Waals surface area contributed by atoms with E-state index in [2.05, 4.69) is 4.90 Å².